The summed E-state index contributed by atoms with van der Waals surface area (Å²) < 4.78 is 5.39. The molecule has 0 aromatic rings. The number of nitrogens with one attached hydrogen (secondary N) is 1. The van der Waals surface area contributed by atoms with E-state index in [2.05, 4.69) is 5.32 Å². The number of carbonyl (C=O) groups is 3. The monoisotopic (exact) mass is 280 g/mol. The molecule has 4 amide bonds. The molecule has 0 aromatic carbocycles. The smallest absolute Gasteiger partial charge is 0.331 e. The molecule has 110 valence electrons. The molecule has 1 N–H and O–H groups in total. The summed E-state index contributed by atoms with van der Waals surface area (Å²) in [6.07, 6.45) is 5.23. The van der Waals surface area contributed by atoms with E-state index >= 15 is 0 Å². The van der Waals surface area contributed by atoms with Crippen LogP contribution in [0.25, 0.3) is 0 Å². The Kier molecular flexibility index (Phi) is 3.28. The third kappa shape index (κ3) is 1.78. The van der Waals surface area contributed by atoms with Crippen LogP contribution in [0.15, 0.2) is 0 Å². The molecule has 2 atom stereocenters. The van der Waals surface area contributed by atoms with E-state index in [1.807, 2.05) is 0 Å². The van der Waals surface area contributed by atoms with Crippen molar-refractivity contribution in [1.82, 2.24) is 10.2 Å². The molecule has 3 fully saturated rings. The number of imide groups is 2. The highest BCUT2D eigenvalue weighted by Gasteiger charge is 2.57. The Hall–Kier alpha value is -1.43. The van der Waals surface area contributed by atoms with E-state index in [9.17, 15) is 14.4 Å². The predicted molar refractivity (Wildman–Crippen MR) is 69.7 cm³/mol. The van der Waals surface area contributed by atoms with Crippen molar-refractivity contribution in [3.8, 4) is 0 Å². The molecule has 2 aliphatic carbocycles. The van der Waals surface area contributed by atoms with Crippen LogP contribution in [0.5, 0.6) is 0 Å². The van der Waals surface area contributed by atoms with Crippen molar-refractivity contribution in [2.45, 2.75) is 57.1 Å². The van der Waals surface area contributed by atoms with Gasteiger partial charge in [-0.3, -0.25) is 19.8 Å². The van der Waals surface area contributed by atoms with E-state index in [0.717, 1.165) is 32.1 Å². The van der Waals surface area contributed by atoms with Gasteiger partial charge in [-0.05, 0) is 32.1 Å². The van der Waals surface area contributed by atoms with E-state index in [1.54, 1.807) is 7.11 Å². The average molecular weight is 280 g/mol. The molecule has 3 rings (SSSR count). The Balaban J connectivity index is 1.92. The Bertz CT molecular complexity index is 456. The van der Waals surface area contributed by atoms with Crippen molar-refractivity contribution < 1.29 is 19.1 Å². The van der Waals surface area contributed by atoms with Gasteiger partial charge in [0.2, 0.25) is 11.8 Å². The van der Waals surface area contributed by atoms with Crippen molar-refractivity contribution in [3.63, 3.8) is 0 Å². The second kappa shape index (κ2) is 4.84. The first-order valence-corrected chi connectivity index (χ1v) is 7.32. The largest absolute Gasteiger partial charge is 0.379 e. The van der Waals surface area contributed by atoms with Crippen LogP contribution in [-0.4, -0.2) is 42.0 Å². The summed E-state index contributed by atoms with van der Waals surface area (Å²) in [5.41, 5.74) is -1.01. The first kappa shape index (κ1) is 13.5. The quantitative estimate of drug-likeness (QED) is 0.771. The topological polar surface area (TPSA) is 75.7 Å². The Morgan fingerprint density at radius 1 is 1.15 bits per heavy atom. The molecule has 3 aliphatic rings. The van der Waals surface area contributed by atoms with E-state index in [-0.39, 0.29) is 18.1 Å². The van der Waals surface area contributed by atoms with Crippen LogP contribution < -0.4 is 5.32 Å². The van der Waals surface area contributed by atoms with E-state index in [1.165, 1.54) is 4.90 Å². The van der Waals surface area contributed by atoms with Gasteiger partial charge >= 0.3 is 6.03 Å². The number of nitrogens with zero attached hydrogens (tertiary/aromatic N) is 1. The highest BCUT2D eigenvalue weighted by molar-refractivity contribution is 6.19. The number of methoxy groups -OCH3 is 1. The lowest BCUT2D eigenvalue weighted by atomic mass is 9.81. The van der Waals surface area contributed by atoms with Crippen LogP contribution in [0.2, 0.25) is 0 Å². The Morgan fingerprint density at radius 2 is 1.85 bits per heavy atom. The number of rotatable bonds is 2. The SMILES string of the molecule is COC1CCCC1N1C(=O)NC(=O)C2(CCCC2)C1=O. The van der Waals surface area contributed by atoms with Gasteiger partial charge in [-0.2, -0.15) is 0 Å². The van der Waals surface area contributed by atoms with Gasteiger partial charge in [-0.15, -0.1) is 0 Å². The molecule has 1 aliphatic heterocycles. The summed E-state index contributed by atoms with van der Waals surface area (Å²) in [7, 11) is 1.60. The van der Waals surface area contributed by atoms with Crippen molar-refractivity contribution in [2.75, 3.05) is 7.11 Å². The van der Waals surface area contributed by atoms with Crippen LogP contribution in [0.1, 0.15) is 44.9 Å². The number of barbiturate groups is 1. The maximum Gasteiger partial charge on any atom is 0.331 e. The summed E-state index contributed by atoms with van der Waals surface area (Å²) in [4.78, 5) is 38.3. The van der Waals surface area contributed by atoms with Gasteiger partial charge < -0.3 is 4.74 Å². The molecule has 2 unspecified atom stereocenters. The molecule has 20 heavy (non-hydrogen) atoms. The first-order chi connectivity index (χ1) is 9.60. The minimum atomic E-state index is -1.01. The number of amides is 4. The number of ether oxygens (including phenoxy) is 1. The summed E-state index contributed by atoms with van der Waals surface area (Å²) in [6, 6.07) is -0.815. The molecular formula is C14H20N2O4. The third-order valence-electron chi connectivity index (χ3n) is 5.01. The van der Waals surface area contributed by atoms with Gasteiger partial charge in [0.15, 0.2) is 0 Å². The van der Waals surface area contributed by atoms with Crippen LogP contribution >= 0.6 is 0 Å². The second-order valence-electron chi connectivity index (χ2n) is 6.00. The molecule has 0 radical (unpaired) electrons. The molecule has 1 heterocycles. The van der Waals surface area contributed by atoms with Gasteiger partial charge in [-0.1, -0.05) is 12.8 Å². The highest BCUT2D eigenvalue weighted by atomic mass is 16.5. The number of urea groups is 1. The Morgan fingerprint density at radius 3 is 2.50 bits per heavy atom. The highest BCUT2D eigenvalue weighted by Crippen LogP contribution is 2.43. The maximum absolute atomic E-state index is 12.8. The maximum atomic E-state index is 12.8. The van der Waals surface area contributed by atoms with Gasteiger partial charge in [-0.25, -0.2) is 4.79 Å². The van der Waals surface area contributed by atoms with Gasteiger partial charge in [0.05, 0.1) is 12.1 Å². The standard InChI is InChI=1S/C14H20N2O4/c1-20-10-6-4-5-9(10)16-12(18)14(7-2-3-8-14)11(17)15-13(16)19/h9-10H,2-8H2,1H3,(H,15,17,19). The molecule has 2 saturated carbocycles. The van der Waals surface area contributed by atoms with Crippen molar-refractivity contribution >= 4 is 17.8 Å². The summed E-state index contributed by atoms with van der Waals surface area (Å²) in [5, 5.41) is 2.39. The molecule has 1 spiro atoms. The lowest BCUT2D eigenvalue weighted by Crippen LogP contribution is -2.66. The second-order valence-corrected chi connectivity index (χ2v) is 6.00. The molecule has 0 bridgehead atoms. The normalized spacial score (nSPS) is 33.0. The van der Waals surface area contributed by atoms with Gasteiger partial charge in [0.25, 0.3) is 0 Å². The average Bonchev–Trinajstić information content (AvgIpc) is 3.07. The fourth-order valence-electron chi connectivity index (χ4n) is 3.89. The van der Waals surface area contributed by atoms with E-state index in [0.29, 0.717) is 12.8 Å². The summed E-state index contributed by atoms with van der Waals surface area (Å²) in [6.45, 7) is 0. The molecule has 6 nitrogen and oxygen atoms in total. The van der Waals surface area contributed by atoms with E-state index < -0.39 is 17.4 Å². The van der Waals surface area contributed by atoms with Crippen molar-refractivity contribution in [1.29, 1.82) is 0 Å². The fraction of sp³-hybridized carbons (Fsp3) is 0.786. The van der Waals surface area contributed by atoms with Crippen LogP contribution in [0, 0.1) is 5.41 Å². The number of hydrogen-bond donors (Lipinski definition) is 1. The van der Waals surface area contributed by atoms with Crippen LogP contribution in [0.3, 0.4) is 0 Å². The first-order valence-electron chi connectivity index (χ1n) is 7.32. The third-order valence-corrected chi connectivity index (χ3v) is 5.01. The van der Waals surface area contributed by atoms with Gasteiger partial charge in [0.1, 0.15) is 5.41 Å². The minimum absolute atomic E-state index is 0.114. The zero-order valence-electron chi connectivity index (χ0n) is 11.7. The minimum Gasteiger partial charge on any atom is -0.379 e. The number of carbonyl (C=O) groups excluding carboxylic acids is 3. The molecule has 6 heteroatoms. The van der Waals surface area contributed by atoms with Crippen molar-refractivity contribution in [3.05, 3.63) is 0 Å². The van der Waals surface area contributed by atoms with Crippen LogP contribution in [0.4, 0.5) is 4.79 Å². The Labute approximate surface area is 117 Å². The zero-order valence-corrected chi connectivity index (χ0v) is 11.7. The summed E-state index contributed by atoms with van der Waals surface area (Å²) >= 11 is 0. The van der Waals surface area contributed by atoms with Crippen molar-refractivity contribution in [2.24, 2.45) is 5.41 Å². The molecule has 1 saturated heterocycles. The molecular weight excluding hydrogens is 260 g/mol. The zero-order chi connectivity index (χ0) is 14.3. The fourth-order valence-corrected chi connectivity index (χ4v) is 3.89. The van der Waals surface area contributed by atoms with E-state index in [4.69, 9.17) is 4.74 Å². The van der Waals surface area contributed by atoms with Crippen LogP contribution in [-0.2, 0) is 14.3 Å². The lowest BCUT2D eigenvalue weighted by Gasteiger charge is -2.40. The lowest BCUT2D eigenvalue weighted by molar-refractivity contribution is -0.154. The number of hydrogen-bond acceptors (Lipinski definition) is 4. The van der Waals surface area contributed by atoms with Gasteiger partial charge in [0, 0.05) is 7.11 Å². The predicted octanol–water partition coefficient (Wildman–Crippen LogP) is 1.19. The summed E-state index contributed by atoms with van der Waals surface area (Å²) in [5.74, 6) is -0.717. The molecule has 0 aromatic heterocycles.